The zero-order valence-corrected chi connectivity index (χ0v) is 18.3. The molecule has 164 valence electrons. The van der Waals surface area contributed by atoms with Crippen molar-refractivity contribution in [1.29, 1.82) is 0 Å². The monoisotopic (exact) mass is 433 g/mol. The number of benzene rings is 1. The zero-order valence-electron chi connectivity index (χ0n) is 17.5. The van der Waals surface area contributed by atoms with Gasteiger partial charge in [0.2, 0.25) is 21.9 Å². The van der Waals surface area contributed by atoms with Crippen molar-refractivity contribution in [3.8, 4) is 0 Å². The molecule has 2 heterocycles. The first kappa shape index (κ1) is 21.1. The van der Waals surface area contributed by atoms with Gasteiger partial charge in [0.1, 0.15) is 5.75 Å². The SMILES string of the molecule is CC1CCC(NS(=O)(=O)CC(=O)N2CCCN(c3nc4ccccc4[nH]3)CC2)CC1. The first-order valence-corrected chi connectivity index (χ1v) is 12.5. The number of carbonyl (C=O) groups excluding carboxylic acids is 1. The minimum Gasteiger partial charge on any atom is -0.341 e. The van der Waals surface area contributed by atoms with E-state index in [9.17, 15) is 13.2 Å². The molecule has 2 aromatic rings. The molecule has 30 heavy (non-hydrogen) atoms. The van der Waals surface area contributed by atoms with Crippen LogP contribution in [-0.2, 0) is 14.8 Å². The van der Waals surface area contributed by atoms with Crippen LogP contribution in [0.15, 0.2) is 24.3 Å². The van der Waals surface area contributed by atoms with Gasteiger partial charge in [0.15, 0.2) is 0 Å². The van der Waals surface area contributed by atoms with Crippen molar-refractivity contribution in [3.05, 3.63) is 24.3 Å². The van der Waals surface area contributed by atoms with E-state index in [0.29, 0.717) is 25.6 Å². The quantitative estimate of drug-likeness (QED) is 0.752. The summed E-state index contributed by atoms with van der Waals surface area (Å²) in [5, 5.41) is 0. The molecule has 8 nitrogen and oxygen atoms in total. The molecule has 2 fully saturated rings. The molecule has 1 aromatic heterocycles. The van der Waals surface area contributed by atoms with Gasteiger partial charge in [0.25, 0.3) is 0 Å². The highest BCUT2D eigenvalue weighted by atomic mass is 32.2. The van der Waals surface area contributed by atoms with E-state index in [1.165, 1.54) is 0 Å². The Kier molecular flexibility index (Phi) is 6.29. The van der Waals surface area contributed by atoms with E-state index in [1.54, 1.807) is 4.90 Å². The lowest BCUT2D eigenvalue weighted by atomic mass is 9.88. The summed E-state index contributed by atoms with van der Waals surface area (Å²) in [5.74, 6) is 0.660. The maximum Gasteiger partial charge on any atom is 0.239 e. The number of H-pyrrole nitrogens is 1. The molecule has 2 aliphatic rings. The third kappa shape index (κ3) is 5.13. The number of nitrogens with zero attached hydrogens (tertiary/aromatic N) is 3. The van der Waals surface area contributed by atoms with Crippen LogP contribution < -0.4 is 9.62 Å². The summed E-state index contributed by atoms with van der Waals surface area (Å²) in [6, 6.07) is 7.85. The number of sulfonamides is 1. The van der Waals surface area contributed by atoms with Gasteiger partial charge in [-0.05, 0) is 50.2 Å². The van der Waals surface area contributed by atoms with E-state index in [2.05, 4.69) is 26.5 Å². The molecular formula is C21H31N5O3S. The minimum absolute atomic E-state index is 0.0355. The second-order valence-corrected chi connectivity index (χ2v) is 10.4. The molecular weight excluding hydrogens is 402 g/mol. The molecule has 2 N–H and O–H groups in total. The number of hydrogen-bond acceptors (Lipinski definition) is 5. The van der Waals surface area contributed by atoms with Crippen LogP contribution in [0.1, 0.15) is 39.0 Å². The van der Waals surface area contributed by atoms with Gasteiger partial charge < -0.3 is 14.8 Å². The van der Waals surface area contributed by atoms with Gasteiger partial charge in [-0.25, -0.2) is 18.1 Å². The van der Waals surface area contributed by atoms with Crippen LogP contribution >= 0.6 is 0 Å². The van der Waals surface area contributed by atoms with Gasteiger partial charge in [-0.2, -0.15) is 0 Å². The van der Waals surface area contributed by atoms with E-state index in [0.717, 1.165) is 55.6 Å². The number of aromatic amines is 1. The van der Waals surface area contributed by atoms with Crippen LogP contribution in [0.2, 0.25) is 0 Å². The van der Waals surface area contributed by atoms with Gasteiger partial charge >= 0.3 is 0 Å². The van der Waals surface area contributed by atoms with Gasteiger partial charge in [0.05, 0.1) is 11.0 Å². The fraction of sp³-hybridized carbons (Fsp3) is 0.619. The Bertz CT molecular complexity index is 948. The number of hydrogen-bond donors (Lipinski definition) is 2. The lowest BCUT2D eigenvalue weighted by Gasteiger charge is -2.27. The van der Waals surface area contributed by atoms with E-state index in [-0.39, 0.29) is 11.9 Å². The summed E-state index contributed by atoms with van der Waals surface area (Å²) in [5.41, 5.74) is 1.90. The van der Waals surface area contributed by atoms with Crippen molar-refractivity contribution in [1.82, 2.24) is 19.6 Å². The number of nitrogens with one attached hydrogen (secondary N) is 2. The van der Waals surface area contributed by atoms with E-state index < -0.39 is 15.8 Å². The maximum absolute atomic E-state index is 12.7. The Labute approximate surface area is 178 Å². The van der Waals surface area contributed by atoms with Gasteiger partial charge in [-0.15, -0.1) is 0 Å². The molecule has 1 aliphatic carbocycles. The Morgan fingerprint density at radius 3 is 2.67 bits per heavy atom. The maximum atomic E-state index is 12.7. The predicted octanol–water partition coefficient (Wildman–Crippen LogP) is 2.10. The van der Waals surface area contributed by atoms with Crippen molar-refractivity contribution >= 4 is 32.9 Å². The molecule has 9 heteroatoms. The van der Waals surface area contributed by atoms with Gasteiger partial charge in [-0.1, -0.05) is 19.1 Å². The number of aromatic nitrogens is 2. The number of anilines is 1. The fourth-order valence-electron chi connectivity index (χ4n) is 4.40. The van der Waals surface area contributed by atoms with Crippen LogP contribution in [0.25, 0.3) is 11.0 Å². The number of amides is 1. The average molecular weight is 434 g/mol. The minimum atomic E-state index is -3.62. The van der Waals surface area contributed by atoms with Crippen LogP contribution in [-0.4, -0.2) is 67.2 Å². The molecule has 0 radical (unpaired) electrons. The molecule has 1 saturated heterocycles. The summed E-state index contributed by atoms with van der Waals surface area (Å²) < 4.78 is 27.8. The van der Waals surface area contributed by atoms with E-state index >= 15 is 0 Å². The topological polar surface area (TPSA) is 98.4 Å². The van der Waals surface area contributed by atoms with Crippen molar-refractivity contribution in [2.24, 2.45) is 5.92 Å². The number of imidazole rings is 1. The van der Waals surface area contributed by atoms with Crippen LogP contribution in [0.5, 0.6) is 0 Å². The highest BCUT2D eigenvalue weighted by Crippen LogP contribution is 2.24. The lowest BCUT2D eigenvalue weighted by molar-refractivity contribution is -0.128. The zero-order chi connectivity index (χ0) is 21.1. The summed E-state index contributed by atoms with van der Waals surface area (Å²) in [4.78, 5) is 24.5. The Morgan fingerprint density at radius 1 is 1.13 bits per heavy atom. The molecule has 1 amide bonds. The van der Waals surface area contributed by atoms with Crippen LogP contribution in [0, 0.1) is 5.92 Å². The Balaban J connectivity index is 1.32. The second-order valence-electron chi connectivity index (χ2n) is 8.63. The molecule has 0 bridgehead atoms. The summed E-state index contributed by atoms with van der Waals surface area (Å²) in [6.45, 7) is 4.65. The Hall–Kier alpha value is -2.13. The molecule has 0 unspecified atom stereocenters. The molecule has 1 aromatic carbocycles. The number of fused-ring (bicyclic) bond motifs is 1. The lowest BCUT2D eigenvalue weighted by Crippen LogP contribution is -2.44. The summed E-state index contributed by atoms with van der Waals surface area (Å²) in [7, 11) is -3.62. The average Bonchev–Trinajstić information content (AvgIpc) is 2.98. The van der Waals surface area contributed by atoms with Crippen LogP contribution in [0.3, 0.4) is 0 Å². The molecule has 1 aliphatic heterocycles. The van der Waals surface area contributed by atoms with Crippen LogP contribution in [0.4, 0.5) is 5.95 Å². The summed E-state index contributed by atoms with van der Waals surface area (Å²) in [6.07, 6.45) is 4.54. The van der Waals surface area contributed by atoms with Gasteiger partial charge in [-0.3, -0.25) is 4.79 Å². The number of carbonyl (C=O) groups is 1. The van der Waals surface area contributed by atoms with Crippen molar-refractivity contribution < 1.29 is 13.2 Å². The van der Waals surface area contributed by atoms with Gasteiger partial charge in [0, 0.05) is 32.2 Å². The third-order valence-electron chi connectivity index (χ3n) is 6.20. The number of rotatable bonds is 5. The smallest absolute Gasteiger partial charge is 0.239 e. The van der Waals surface area contributed by atoms with E-state index in [4.69, 9.17) is 0 Å². The largest absolute Gasteiger partial charge is 0.341 e. The first-order chi connectivity index (χ1) is 14.4. The summed E-state index contributed by atoms with van der Waals surface area (Å²) >= 11 is 0. The number of para-hydroxylation sites is 2. The molecule has 1 saturated carbocycles. The fourth-order valence-corrected chi connectivity index (χ4v) is 5.73. The first-order valence-electron chi connectivity index (χ1n) is 10.9. The van der Waals surface area contributed by atoms with Crippen molar-refractivity contribution in [2.45, 2.75) is 45.1 Å². The van der Waals surface area contributed by atoms with Crippen molar-refractivity contribution in [2.75, 3.05) is 36.8 Å². The highest BCUT2D eigenvalue weighted by molar-refractivity contribution is 7.90. The predicted molar refractivity (Wildman–Crippen MR) is 118 cm³/mol. The van der Waals surface area contributed by atoms with Crippen molar-refractivity contribution in [3.63, 3.8) is 0 Å². The Morgan fingerprint density at radius 2 is 1.90 bits per heavy atom. The normalized spacial score (nSPS) is 23.5. The highest BCUT2D eigenvalue weighted by Gasteiger charge is 2.28. The standard InChI is InChI=1S/C21H31N5O3S/c1-16-7-9-17(10-8-16)24-30(28,29)15-20(27)25-11-4-12-26(14-13-25)21-22-18-5-2-3-6-19(18)23-21/h2-3,5-6,16-17,24H,4,7-15H2,1H3,(H,22,23). The molecule has 0 spiro atoms. The molecule has 4 rings (SSSR count). The van der Waals surface area contributed by atoms with E-state index in [1.807, 2.05) is 24.3 Å². The molecule has 0 atom stereocenters. The third-order valence-corrected chi connectivity index (χ3v) is 7.52. The second kappa shape index (κ2) is 8.93.